The summed E-state index contributed by atoms with van der Waals surface area (Å²) >= 11 is 0. The van der Waals surface area contributed by atoms with Crippen molar-refractivity contribution in [1.29, 1.82) is 0 Å². The Bertz CT molecular complexity index is 1030. The standard InChI is InChI=1S/C22H28FN3O3/c1-4-24-13(3)14-7-8-25(10-14)18-9-17-19(12(2)20(18)23)21(27)16(22(28)29)11-26(17)15-5-6-15/h9,11,13-15,24H,4-8,10H2,1-3H3,(H,28,29)/t13-,14-/m1/s1. The van der Waals surface area contributed by atoms with Crippen LogP contribution in [0.1, 0.15) is 55.1 Å². The van der Waals surface area contributed by atoms with Crippen molar-refractivity contribution in [3.63, 3.8) is 0 Å². The van der Waals surface area contributed by atoms with Crippen LogP contribution in [0.5, 0.6) is 0 Å². The molecule has 2 fully saturated rings. The summed E-state index contributed by atoms with van der Waals surface area (Å²) in [5.41, 5.74) is 0.494. The number of rotatable bonds is 6. The number of carbonyl (C=O) groups is 1. The molecule has 0 amide bonds. The molecule has 7 heteroatoms. The number of benzene rings is 1. The molecule has 0 bridgehead atoms. The first kappa shape index (κ1) is 19.9. The van der Waals surface area contributed by atoms with Gasteiger partial charge in [0, 0.05) is 36.9 Å². The molecule has 6 nitrogen and oxygen atoms in total. The lowest BCUT2D eigenvalue weighted by Gasteiger charge is -2.24. The Kier molecular flexibility index (Phi) is 5.11. The first-order valence-corrected chi connectivity index (χ1v) is 10.4. The van der Waals surface area contributed by atoms with Gasteiger partial charge in [-0.25, -0.2) is 9.18 Å². The van der Waals surface area contributed by atoms with E-state index in [2.05, 4.69) is 24.1 Å². The predicted octanol–water partition coefficient (Wildman–Crippen LogP) is 3.31. The molecule has 1 saturated heterocycles. The van der Waals surface area contributed by atoms with Gasteiger partial charge in [-0.1, -0.05) is 6.92 Å². The molecular weight excluding hydrogens is 373 g/mol. The Morgan fingerprint density at radius 3 is 2.72 bits per heavy atom. The third-order valence-corrected chi connectivity index (χ3v) is 6.45. The first-order valence-electron chi connectivity index (χ1n) is 10.4. The van der Waals surface area contributed by atoms with Crippen LogP contribution in [-0.4, -0.2) is 41.3 Å². The van der Waals surface area contributed by atoms with E-state index in [0.717, 1.165) is 38.9 Å². The molecule has 2 atom stereocenters. The lowest BCUT2D eigenvalue weighted by Crippen LogP contribution is -2.35. The fraction of sp³-hybridized carbons (Fsp3) is 0.545. The quantitative estimate of drug-likeness (QED) is 0.777. The van der Waals surface area contributed by atoms with Crippen molar-refractivity contribution in [2.75, 3.05) is 24.5 Å². The van der Waals surface area contributed by atoms with Gasteiger partial charge >= 0.3 is 5.97 Å². The van der Waals surface area contributed by atoms with Crippen molar-refractivity contribution in [2.45, 2.75) is 52.1 Å². The van der Waals surface area contributed by atoms with Gasteiger partial charge in [0.05, 0.1) is 16.6 Å². The van der Waals surface area contributed by atoms with E-state index in [-0.39, 0.29) is 22.6 Å². The number of carboxylic acid groups (broad SMARTS) is 1. The number of halogens is 1. The lowest BCUT2D eigenvalue weighted by molar-refractivity contribution is 0.0695. The highest BCUT2D eigenvalue weighted by atomic mass is 19.1. The Morgan fingerprint density at radius 2 is 2.10 bits per heavy atom. The Balaban J connectivity index is 1.83. The molecule has 1 aromatic carbocycles. The van der Waals surface area contributed by atoms with Gasteiger partial charge < -0.3 is 19.9 Å². The fourth-order valence-electron chi connectivity index (χ4n) is 4.59. The van der Waals surface area contributed by atoms with E-state index >= 15 is 4.39 Å². The van der Waals surface area contributed by atoms with Crippen molar-refractivity contribution in [3.05, 3.63) is 39.4 Å². The Labute approximate surface area is 169 Å². The smallest absolute Gasteiger partial charge is 0.341 e. The van der Waals surface area contributed by atoms with E-state index < -0.39 is 17.2 Å². The summed E-state index contributed by atoms with van der Waals surface area (Å²) in [5, 5.41) is 13.1. The number of aromatic carboxylic acids is 1. The van der Waals surface area contributed by atoms with Gasteiger partial charge in [-0.2, -0.15) is 0 Å². The summed E-state index contributed by atoms with van der Waals surface area (Å²) < 4.78 is 17.2. The largest absolute Gasteiger partial charge is 0.477 e. The molecule has 1 aliphatic carbocycles. The summed E-state index contributed by atoms with van der Waals surface area (Å²) in [6.07, 6.45) is 4.30. The van der Waals surface area contributed by atoms with E-state index in [4.69, 9.17) is 0 Å². The maximum Gasteiger partial charge on any atom is 0.341 e. The summed E-state index contributed by atoms with van der Waals surface area (Å²) in [6, 6.07) is 2.29. The second-order valence-corrected chi connectivity index (χ2v) is 8.39. The summed E-state index contributed by atoms with van der Waals surface area (Å²) in [4.78, 5) is 26.4. The molecule has 2 aromatic rings. The summed E-state index contributed by atoms with van der Waals surface area (Å²) in [5.74, 6) is -1.25. The van der Waals surface area contributed by atoms with Gasteiger partial charge in [-0.3, -0.25) is 4.79 Å². The zero-order chi connectivity index (χ0) is 20.9. The minimum Gasteiger partial charge on any atom is -0.477 e. The maximum absolute atomic E-state index is 15.4. The number of fused-ring (bicyclic) bond motifs is 1. The third kappa shape index (κ3) is 3.41. The second kappa shape index (κ2) is 7.44. The molecule has 4 rings (SSSR count). The number of carboxylic acids is 1. The third-order valence-electron chi connectivity index (χ3n) is 6.45. The van der Waals surface area contributed by atoms with Crippen molar-refractivity contribution in [1.82, 2.24) is 9.88 Å². The van der Waals surface area contributed by atoms with Gasteiger partial charge in [-0.15, -0.1) is 0 Å². The van der Waals surface area contributed by atoms with Crippen LogP contribution in [0.15, 0.2) is 17.1 Å². The van der Waals surface area contributed by atoms with Crippen LogP contribution in [0.3, 0.4) is 0 Å². The molecular formula is C22H28FN3O3. The van der Waals surface area contributed by atoms with Gasteiger partial charge in [0.15, 0.2) is 0 Å². The van der Waals surface area contributed by atoms with E-state index in [9.17, 15) is 14.7 Å². The SMILES string of the molecule is CCN[C@H](C)[C@@H]1CCN(c2cc3c(c(C)c2F)c(=O)c(C(=O)O)cn3C2CC2)C1. The monoisotopic (exact) mass is 401 g/mol. The van der Waals surface area contributed by atoms with Crippen molar-refractivity contribution >= 4 is 22.6 Å². The lowest BCUT2D eigenvalue weighted by atomic mass is 10.0. The number of hydrogen-bond donors (Lipinski definition) is 2. The predicted molar refractivity (Wildman–Crippen MR) is 112 cm³/mol. The van der Waals surface area contributed by atoms with Crippen LogP contribution in [0.25, 0.3) is 10.9 Å². The average Bonchev–Trinajstić information content (AvgIpc) is 3.40. The fourth-order valence-corrected chi connectivity index (χ4v) is 4.59. The van der Waals surface area contributed by atoms with E-state index in [0.29, 0.717) is 23.2 Å². The van der Waals surface area contributed by atoms with Crippen LogP contribution < -0.4 is 15.6 Å². The Hall–Kier alpha value is -2.41. The van der Waals surface area contributed by atoms with Crippen LogP contribution in [0.2, 0.25) is 0 Å². The number of anilines is 1. The molecule has 2 N–H and O–H groups in total. The van der Waals surface area contributed by atoms with Crippen LogP contribution in [-0.2, 0) is 0 Å². The molecule has 2 heterocycles. The molecule has 0 unspecified atom stereocenters. The summed E-state index contributed by atoms with van der Waals surface area (Å²) in [7, 11) is 0. The number of pyridine rings is 1. The topological polar surface area (TPSA) is 74.6 Å². The van der Waals surface area contributed by atoms with Gasteiger partial charge in [-0.05, 0) is 51.6 Å². The molecule has 156 valence electrons. The van der Waals surface area contributed by atoms with Gasteiger partial charge in [0.25, 0.3) is 0 Å². The van der Waals surface area contributed by atoms with Crippen LogP contribution in [0, 0.1) is 18.7 Å². The maximum atomic E-state index is 15.4. The number of aromatic nitrogens is 1. The molecule has 1 aromatic heterocycles. The number of hydrogen-bond acceptors (Lipinski definition) is 4. The van der Waals surface area contributed by atoms with E-state index in [1.807, 2.05) is 4.57 Å². The van der Waals surface area contributed by atoms with Gasteiger partial charge in [0.1, 0.15) is 11.4 Å². The van der Waals surface area contributed by atoms with Gasteiger partial charge in [0.2, 0.25) is 5.43 Å². The molecule has 1 aliphatic heterocycles. The molecule has 29 heavy (non-hydrogen) atoms. The average molecular weight is 401 g/mol. The number of nitrogens with zero attached hydrogens (tertiary/aromatic N) is 2. The first-order chi connectivity index (χ1) is 13.8. The normalized spacial score (nSPS) is 20.4. The minimum absolute atomic E-state index is 0.175. The van der Waals surface area contributed by atoms with Crippen LogP contribution in [0.4, 0.5) is 10.1 Å². The highest BCUT2D eigenvalue weighted by molar-refractivity contribution is 5.95. The van der Waals surface area contributed by atoms with E-state index in [1.54, 1.807) is 13.0 Å². The highest BCUT2D eigenvalue weighted by Crippen LogP contribution is 2.39. The minimum atomic E-state index is -1.27. The van der Waals surface area contributed by atoms with Crippen molar-refractivity contribution < 1.29 is 14.3 Å². The van der Waals surface area contributed by atoms with E-state index in [1.165, 1.54) is 6.20 Å². The van der Waals surface area contributed by atoms with Crippen molar-refractivity contribution in [3.8, 4) is 0 Å². The molecule has 1 saturated carbocycles. The number of aryl methyl sites for hydroxylation is 1. The zero-order valence-corrected chi connectivity index (χ0v) is 17.2. The zero-order valence-electron chi connectivity index (χ0n) is 17.2. The molecule has 0 radical (unpaired) electrons. The Morgan fingerprint density at radius 1 is 1.38 bits per heavy atom. The van der Waals surface area contributed by atoms with Crippen molar-refractivity contribution in [2.24, 2.45) is 5.92 Å². The molecule has 2 aliphatic rings. The molecule has 0 spiro atoms. The number of nitrogens with one attached hydrogen (secondary N) is 1. The van der Waals surface area contributed by atoms with Crippen LogP contribution >= 0.6 is 0 Å². The second-order valence-electron chi connectivity index (χ2n) is 8.39. The summed E-state index contributed by atoms with van der Waals surface area (Å²) in [6.45, 7) is 8.26. The highest BCUT2D eigenvalue weighted by Gasteiger charge is 2.32.